The molecule has 1 fully saturated rings. The maximum Gasteiger partial charge on any atom is 0.293 e. The Bertz CT molecular complexity index is 1700. The van der Waals surface area contributed by atoms with Gasteiger partial charge in [-0.2, -0.15) is 4.68 Å². The smallest absolute Gasteiger partial charge is 0.293 e. The van der Waals surface area contributed by atoms with Crippen LogP contribution in [0.2, 0.25) is 5.02 Å². The van der Waals surface area contributed by atoms with Crippen molar-refractivity contribution in [3.63, 3.8) is 0 Å². The quantitative estimate of drug-likeness (QED) is 0.249. The molecular formula is C26H22ClFN8O4. The van der Waals surface area contributed by atoms with Crippen LogP contribution < -0.4 is 5.32 Å². The van der Waals surface area contributed by atoms with Gasteiger partial charge in [0.05, 0.1) is 10.7 Å². The largest absolute Gasteiger partial charge is 0.350 e. The van der Waals surface area contributed by atoms with Crippen LogP contribution >= 0.6 is 11.6 Å². The molecule has 0 spiro atoms. The lowest BCUT2D eigenvalue weighted by atomic mass is 9.92. The summed E-state index contributed by atoms with van der Waals surface area (Å²) < 4.78 is 16.6. The number of benzene rings is 2. The van der Waals surface area contributed by atoms with Crippen molar-refractivity contribution in [1.82, 2.24) is 35.2 Å². The summed E-state index contributed by atoms with van der Waals surface area (Å²) in [6.07, 6.45) is 3.99. The fraction of sp³-hybridized carbons (Fsp3) is 0.231. The fourth-order valence-electron chi connectivity index (χ4n) is 5.42. The van der Waals surface area contributed by atoms with Crippen LogP contribution in [0.3, 0.4) is 0 Å². The van der Waals surface area contributed by atoms with Gasteiger partial charge in [-0.1, -0.05) is 11.6 Å². The van der Waals surface area contributed by atoms with E-state index in [1.807, 2.05) is 0 Å². The lowest BCUT2D eigenvalue weighted by Gasteiger charge is -2.33. The van der Waals surface area contributed by atoms with Gasteiger partial charge in [-0.15, -0.1) is 5.10 Å². The number of fused-ring (bicyclic) bond motifs is 2. The lowest BCUT2D eigenvalue weighted by Crippen LogP contribution is -2.48. The van der Waals surface area contributed by atoms with Crippen molar-refractivity contribution in [2.45, 2.75) is 31.3 Å². The van der Waals surface area contributed by atoms with E-state index in [9.17, 15) is 19.6 Å². The van der Waals surface area contributed by atoms with Gasteiger partial charge in [0.15, 0.2) is 5.82 Å². The summed E-state index contributed by atoms with van der Waals surface area (Å²) in [7, 11) is 1.23. The van der Waals surface area contributed by atoms with E-state index in [1.54, 1.807) is 35.2 Å². The minimum atomic E-state index is -0.708. The number of tetrazole rings is 1. The molecule has 6 rings (SSSR count). The SMILES string of the molecule is CN(O)C(=O)c1cc2cc(NC(=O)[C@@H]3CCC4CC(c5c(-n6cnnn6)ccc(Cl)c5F)=CC(=O)N43)ccc2[nH]1. The molecule has 1 unspecified atom stereocenters. The van der Waals surface area contributed by atoms with E-state index in [4.69, 9.17) is 11.6 Å². The van der Waals surface area contributed by atoms with Crippen LogP contribution in [0, 0.1) is 5.82 Å². The standard InChI is InChI=1S/C26H22ClFN8O4/c1-34(40)26(39)19-10-13-8-15(2-5-18(13)31-19)30-25(38)21-6-3-16-9-14(11-22(37)36(16)21)23-20(35-12-29-32-33-35)7-4-17(27)24(23)28/h2,4-5,7-8,10-12,16,21,31,40H,3,6,9H2,1H3,(H,30,38)/t16?,21-/m0/s1. The molecule has 0 radical (unpaired) electrons. The first kappa shape index (κ1) is 25.6. The van der Waals surface area contributed by atoms with Gasteiger partial charge < -0.3 is 15.2 Å². The number of amides is 3. The van der Waals surface area contributed by atoms with Crippen LogP contribution in [0.1, 0.15) is 35.3 Å². The maximum atomic E-state index is 15.3. The highest BCUT2D eigenvalue weighted by Gasteiger charge is 2.43. The van der Waals surface area contributed by atoms with E-state index in [0.717, 1.165) is 0 Å². The third-order valence-electron chi connectivity index (χ3n) is 7.22. The molecule has 204 valence electrons. The Morgan fingerprint density at radius 3 is 2.80 bits per heavy atom. The number of aromatic nitrogens is 5. The second-order valence-electron chi connectivity index (χ2n) is 9.68. The van der Waals surface area contributed by atoms with Gasteiger partial charge in [0.25, 0.3) is 5.91 Å². The predicted molar refractivity (Wildman–Crippen MR) is 141 cm³/mol. The van der Waals surface area contributed by atoms with Crippen LogP contribution in [0.4, 0.5) is 10.1 Å². The zero-order valence-corrected chi connectivity index (χ0v) is 21.8. The molecule has 2 atom stereocenters. The van der Waals surface area contributed by atoms with E-state index in [2.05, 4.69) is 25.8 Å². The highest BCUT2D eigenvalue weighted by Crippen LogP contribution is 2.40. The molecule has 2 aliphatic heterocycles. The third-order valence-corrected chi connectivity index (χ3v) is 7.51. The van der Waals surface area contributed by atoms with Gasteiger partial charge in [0.1, 0.15) is 18.1 Å². The number of carbonyl (C=O) groups excluding carboxylic acids is 3. The van der Waals surface area contributed by atoms with Crippen molar-refractivity contribution >= 4 is 51.5 Å². The summed E-state index contributed by atoms with van der Waals surface area (Å²) in [6, 6.07) is 8.63. The molecule has 0 saturated carbocycles. The van der Waals surface area contributed by atoms with Crippen LogP contribution in [0.5, 0.6) is 0 Å². The number of aromatic amines is 1. The molecule has 2 aliphatic rings. The third kappa shape index (κ3) is 4.38. The average Bonchev–Trinajstić information content (AvgIpc) is 3.69. The van der Waals surface area contributed by atoms with Gasteiger partial charge in [-0.3, -0.25) is 19.6 Å². The molecule has 3 amide bonds. The van der Waals surface area contributed by atoms with Crippen LogP contribution in [0.25, 0.3) is 22.2 Å². The van der Waals surface area contributed by atoms with E-state index >= 15 is 4.39 Å². The fourth-order valence-corrected chi connectivity index (χ4v) is 5.58. The summed E-state index contributed by atoms with van der Waals surface area (Å²) in [5.41, 5.74) is 2.29. The van der Waals surface area contributed by atoms with Crippen molar-refractivity contribution in [2.24, 2.45) is 0 Å². The lowest BCUT2D eigenvalue weighted by molar-refractivity contribution is -0.135. The monoisotopic (exact) mass is 564 g/mol. The molecule has 40 heavy (non-hydrogen) atoms. The van der Waals surface area contributed by atoms with Gasteiger partial charge in [-0.25, -0.2) is 9.45 Å². The minimum Gasteiger partial charge on any atom is -0.350 e. The first-order valence-corrected chi connectivity index (χ1v) is 12.7. The number of hydrogen-bond donors (Lipinski definition) is 3. The summed E-state index contributed by atoms with van der Waals surface area (Å²) in [5.74, 6) is -2.02. The van der Waals surface area contributed by atoms with E-state index < -0.39 is 23.7 Å². The Kier molecular flexibility index (Phi) is 6.31. The van der Waals surface area contributed by atoms with Crippen LogP contribution in [-0.2, 0) is 9.59 Å². The summed E-state index contributed by atoms with van der Waals surface area (Å²) in [6.45, 7) is 0. The molecule has 14 heteroatoms. The number of anilines is 1. The van der Waals surface area contributed by atoms with Crippen molar-refractivity contribution < 1.29 is 24.0 Å². The highest BCUT2D eigenvalue weighted by atomic mass is 35.5. The number of H-pyrrole nitrogens is 1. The van der Waals surface area contributed by atoms with Crippen LogP contribution in [-0.4, -0.2) is 77.2 Å². The molecule has 0 aliphatic carbocycles. The topological polar surface area (TPSA) is 149 Å². The Morgan fingerprint density at radius 2 is 2.05 bits per heavy atom. The second-order valence-corrected chi connectivity index (χ2v) is 10.1. The van der Waals surface area contributed by atoms with E-state index in [0.29, 0.717) is 52.2 Å². The molecular weight excluding hydrogens is 543 g/mol. The molecule has 12 nitrogen and oxygen atoms in total. The van der Waals surface area contributed by atoms with Gasteiger partial charge in [0.2, 0.25) is 11.8 Å². The highest BCUT2D eigenvalue weighted by molar-refractivity contribution is 6.31. The molecule has 3 N–H and O–H groups in total. The average molecular weight is 565 g/mol. The van der Waals surface area contributed by atoms with Crippen molar-refractivity contribution in [1.29, 1.82) is 0 Å². The summed E-state index contributed by atoms with van der Waals surface area (Å²) in [4.78, 5) is 43.1. The number of hydroxylamine groups is 2. The van der Waals surface area contributed by atoms with E-state index in [-0.39, 0.29) is 28.2 Å². The summed E-state index contributed by atoms with van der Waals surface area (Å²) >= 11 is 6.08. The molecule has 0 bridgehead atoms. The number of carbonyl (C=O) groups is 3. The number of rotatable bonds is 5. The number of nitrogens with one attached hydrogen (secondary N) is 2. The Labute approximate surface area is 231 Å². The minimum absolute atomic E-state index is 0.0921. The van der Waals surface area contributed by atoms with Crippen molar-refractivity contribution in [2.75, 3.05) is 12.4 Å². The van der Waals surface area contributed by atoms with E-state index in [1.165, 1.54) is 30.2 Å². The molecule has 4 aromatic rings. The molecule has 1 saturated heterocycles. The predicted octanol–water partition coefficient (Wildman–Crippen LogP) is 3.18. The number of halogens is 2. The number of nitrogens with zero attached hydrogens (tertiary/aromatic N) is 6. The summed E-state index contributed by atoms with van der Waals surface area (Å²) in [5, 5.41) is 24.4. The van der Waals surface area contributed by atoms with Crippen molar-refractivity contribution in [3.05, 3.63) is 70.9 Å². The Balaban J connectivity index is 1.24. The van der Waals surface area contributed by atoms with Crippen molar-refractivity contribution in [3.8, 4) is 5.69 Å². The second kappa shape index (κ2) is 9.84. The molecule has 4 heterocycles. The zero-order valence-electron chi connectivity index (χ0n) is 21.0. The normalized spacial score (nSPS) is 18.6. The Hall–Kier alpha value is -4.62. The van der Waals surface area contributed by atoms with Gasteiger partial charge >= 0.3 is 0 Å². The van der Waals surface area contributed by atoms with Gasteiger partial charge in [-0.05, 0) is 71.7 Å². The molecule has 2 aromatic carbocycles. The van der Waals surface area contributed by atoms with Gasteiger partial charge in [0, 0.05) is 41.3 Å². The van der Waals surface area contributed by atoms with Crippen LogP contribution in [0.15, 0.2) is 48.8 Å². The first-order valence-electron chi connectivity index (χ1n) is 12.4. The zero-order chi connectivity index (χ0) is 28.1. The molecule has 2 aromatic heterocycles. The number of hydrogen-bond acceptors (Lipinski definition) is 7. The Morgan fingerprint density at radius 1 is 1.23 bits per heavy atom. The maximum absolute atomic E-state index is 15.3. The first-order chi connectivity index (χ1) is 19.2.